The Hall–Kier alpha value is -1.60. The summed E-state index contributed by atoms with van der Waals surface area (Å²) in [5, 5.41) is 12.3. The third kappa shape index (κ3) is 1.46. The molecule has 0 radical (unpaired) electrons. The van der Waals surface area contributed by atoms with Gasteiger partial charge in [-0.05, 0) is 55.2 Å². The van der Waals surface area contributed by atoms with Crippen molar-refractivity contribution >= 4 is 11.6 Å². The molecule has 5 atom stereocenters. The van der Waals surface area contributed by atoms with E-state index >= 15 is 0 Å². The van der Waals surface area contributed by atoms with Crippen molar-refractivity contribution in [1.82, 2.24) is 5.43 Å². The summed E-state index contributed by atoms with van der Waals surface area (Å²) >= 11 is 0. The molecular formula is C17H17F3N2O2. The molecule has 1 heterocycles. The normalized spacial score (nSPS) is 42.9. The Kier molecular flexibility index (Phi) is 2.54. The zero-order valence-corrected chi connectivity index (χ0v) is 12.8. The molecular weight excluding hydrogens is 321 g/mol. The molecule has 3 aliphatic carbocycles. The summed E-state index contributed by atoms with van der Waals surface area (Å²) in [7, 11) is 0. The second-order valence-corrected chi connectivity index (χ2v) is 7.59. The molecule has 5 unspecified atom stereocenters. The molecule has 1 saturated heterocycles. The van der Waals surface area contributed by atoms with Crippen molar-refractivity contribution in [2.45, 2.75) is 43.5 Å². The summed E-state index contributed by atoms with van der Waals surface area (Å²) in [6, 6.07) is 4.27. The summed E-state index contributed by atoms with van der Waals surface area (Å²) < 4.78 is 38.8. The van der Waals surface area contributed by atoms with Crippen LogP contribution in [0, 0.1) is 17.3 Å². The number of nitrogens with zero attached hydrogens (tertiary/aromatic N) is 1. The van der Waals surface area contributed by atoms with Gasteiger partial charge in [-0.1, -0.05) is 6.07 Å². The number of halogens is 3. The van der Waals surface area contributed by atoms with Gasteiger partial charge in [-0.2, -0.15) is 13.2 Å². The van der Waals surface area contributed by atoms with E-state index in [1.807, 2.05) is 0 Å². The SMILES string of the molecule is O=C1N(c2cccc(C(F)(F)F)c2)NC2C3CCC34CCC4C12O. The van der Waals surface area contributed by atoms with Crippen LogP contribution < -0.4 is 10.4 Å². The number of carbonyl (C=O) groups excluding carboxylic acids is 1. The zero-order chi connectivity index (χ0) is 16.9. The van der Waals surface area contributed by atoms with E-state index < -0.39 is 23.2 Å². The molecule has 1 aliphatic heterocycles. The summed E-state index contributed by atoms with van der Waals surface area (Å²) in [6.07, 6.45) is -0.616. The Bertz CT molecular complexity index is 748. The largest absolute Gasteiger partial charge is 0.416 e. The molecule has 2 N–H and O–H groups in total. The van der Waals surface area contributed by atoms with E-state index in [4.69, 9.17) is 0 Å². The van der Waals surface area contributed by atoms with Crippen molar-refractivity contribution in [2.24, 2.45) is 17.3 Å². The van der Waals surface area contributed by atoms with Crippen LogP contribution in [0.25, 0.3) is 0 Å². The highest BCUT2D eigenvalue weighted by Gasteiger charge is 2.79. The first-order valence-electron chi connectivity index (χ1n) is 8.29. The number of hydrogen-bond acceptors (Lipinski definition) is 3. The van der Waals surface area contributed by atoms with E-state index in [0.717, 1.165) is 42.8 Å². The standard InChI is InChI=1S/C17H17F3N2O2/c18-17(19,20)9-2-1-3-10(8-9)22-14(23)16(24)12-5-7-15(12)6-4-11(15)13(16)21-22/h1-3,8,11-13,21,24H,4-7H2. The van der Waals surface area contributed by atoms with Crippen LogP contribution in [0.5, 0.6) is 0 Å². The van der Waals surface area contributed by atoms with Crippen LogP contribution in [0.1, 0.15) is 31.2 Å². The molecule has 4 fully saturated rings. The van der Waals surface area contributed by atoms with Gasteiger partial charge in [-0.25, -0.2) is 10.4 Å². The van der Waals surface area contributed by atoms with Crippen LogP contribution in [0.2, 0.25) is 0 Å². The molecule has 1 spiro atoms. The second-order valence-electron chi connectivity index (χ2n) is 7.59. The third-order valence-corrected chi connectivity index (χ3v) is 6.91. The first-order valence-corrected chi connectivity index (χ1v) is 8.29. The Morgan fingerprint density at radius 2 is 2.00 bits per heavy atom. The topological polar surface area (TPSA) is 52.6 Å². The van der Waals surface area contributed by atoms with E-state index in [9.17, 15) is 23.1 Å². The van der Waals surface area contributed by atoms with E-state index in [2.05, 4.69) is 5.43 Å². The van der Waals surface area contributed by atoms with Crippen LogP contribution in [-0.4, -0.2) is 22.7 Å². The van der Waals surface area contributed by atoms with Gasteiger partial charge >= 0.3 is 6.18 Å². The number of alkyl halides is 3. The first-order chi connectivity index (χ1) is 11.3. The van der Waals surface area contributed by atoms with Crippen molar-refractivity contribution in [2.75, 3.05) is 5.01 Å². The number of aliphatic hydroxyl groups is 1. The van der Waals surface area contributed by atoms with Gasteiger partial charge in [-0.15, -0.1) is 0 Å². The molecule has 3 saturated carbocycles. The van der Waals surface area contributed by atoms with E-state index in [1.165, 1.54) is 12.1 Å². The van der Waals surface area contributed by atoms with Gasteiger partial charge in [0.2, 0.25) is 0 Å². The van der Waals surface area contributed by atoms with Crippen LogP contribution in [0.4, 0.5) is 18.9 Å². The van der Waals surface area contributed by atoms with Crippen molar-refractivity contribution < 1.29 is 23.1 Å². The van der Waals surface area contributed by atoms with E-state index in [-0.39, 0.29) is 29.0 Å². The fourth-order valence-corrected chi connectivity index (χ4v) is 5.63. The minimum atomic E-state index is -4.47. The number of amides is 1. The van der Waals surface area contributed by atoms with Gasteiger partial charge < -0.3 is 5.11 Å². The van der Waals surface area contributed by atoms with Crippen LogP contribution in [0.15, 0.2) is 24.3 Å². The molecule has 1 aromatic rings. The predicted octanol–water partition coefficient (Wildman–Crippen LogP) is 2.48. The molecule has 1 aromatic carbocycles. The van der Waals surface area contributed by atoms with Gasteiger partial charge in [0, 0.05) is 5.92 Å². The third-order valence-electron chi connectivity index (χ3n) is 6.91. The van der Waals surface area contributed by atoms with Crippen molar-refractivity contribution in [3.63, 3.8) is 0 Å². The maximum atomic E-state index is 12.9. The Morgan fingerprint density at radius 3 is 2.58 bits per heavy atom. The number of hydrogen-bond donors (Lipinski definition) is 2. The molecule has 0 bridgehead atoms. The maximum Gasteiger partial charge on any atom is 0.416 e. The van der Waals surface area contributed by atoms with Gasteiger partial charge in [0.05, 0.1) is 17.3 Å². The molecule has 0 aromatic heterocycles. The van der Waals surface area contributed by atoms with Crippen molar-refractivity contribution in [3.8, 4) is 0 Å². The zero-order valence-electron chi connectivity index (χ0n) is 12.8. The van der Waals surface area contributed by atoms with E-state index in [0.29, 0.717) is 0 Å². The Balaban J connectivity index is 1.52. The molecule has 5 rings (SSSR count). The fourth-order valence-electron chi connectivity index (χ4n) is 5.63. The highest BCUT2D eigenvalue weighted by atomic mass is 19.4. The highest BCUT2D eigenvalue weighted by Crippen LogP contribution is 2.74. The van der Waals surface area contributed by atoms with Gasteiger partial charge in [0.15, 0.2) is 5.60 Å². The average Bonchev–Trinajstić information content (AvgIpc) is 2.74. The lowest BCUT2D eigenvalue weighted by Crippen LogP contribution is -2.56. The Morgan fingerprint density at radius 1 is 1.25 bits per heavy atom. The summed E-state index contributed by atoms with van der Waals surface area (Å²) in [5.74, 6) is -0.337. The van der Waals surface area contributed by atoms with Crippen molar-refractivity contribution in [1.29, 1.82) is 0 Å². The van der Waals surface area contributed by atoms with Crippen LogP contribution >= 0.6 is 0 Å². The minimum absolute atomic E-state index is 0.0652. The number of carbonyl (C=O) groups is 1. The second kappa shape index (κ2) is 4.14. The molecule has 24 heavy (non-hydrogen) atoms. The molecule has 4 aliphatic rings. The summed E-state index contributed by atoms with van der Waals surface area (Å²) in [4.78, 5) is 12.9. The van der Waals surface area contributed by atoms with Gasteiger partial charge in [0.25, 0.3) is 5.91 Å². The van der Waals surface area contributed by atoms with E-state index in [1.54, 1.807) is 0 Å². The lowest BCUT2D eigenvalue weighted by Gasteiger charge is -2.57. The first kappa shape index (κ1) is 14.7. The number of nitrogens with one attached hydrogen (secondary N) is 1. The quantitative estimate of drug-likeness (QED) is 0.827. The number of benzene rings is 1. The highest BCUT2D eigenvalue weighted by molar-refractivity contribution is 6.02. The number of fused-ring (bicyclic) bond motifs is 3. The Labute approximate surface area is 136 Å². The van der Waals surface area contributed by atoms with Gasteiger partial charge in [-0.3, -0.25) is 4.79 Å². The molecule has 7 heteroatoms. The number of hydrazine groups is 1. The fraction of sp³-hybridized carbons (Fsp3) is 0.588. The predicted molar refractivity (Wildman–Crippen MR) is 78.7 cm³/mol. The smallest absolute Gasteiger partial charge is 0.378 e. The van der Waals surface area contributed by atoms with Crippen LogP contribution in [-0.2, 0) is 11.0 Å². The number of rotatable bonds is 1. The monoisotopic (exact) mass is 338 g/mol. The van der Waals surface area contributed by atoms with Crippen molar-refractivity contribution in [3.05, 3.63) is 29.8 Å². The molecule has 1 amide bonds. The van der Waals surface area contributed by atoms with Gasteiger partial charge in [0.1, 0.15) is 0 Å². The maximum absolute atomic E-state index is 12.9. The summed E-state index contributed by atoms with van der Waals surface area (Å²) in [5.41, 5.74) is 0.960. The molecule has 128 valence electrons. The molecule has 4 nitrogen and oxygen atoms in total. The number of anilines is 1. The lowest BCUT2D eigenvalue weighted by atomic mass is 9.47. The summed E-state index contributed by atoms with van der Waals surface area (Å²) in [6.45, 7) is 0. The lowest BCUT2D eigenvalue weighted by molar-refractivity contribution is -0.152. The minimum Gasteiger partial charge on any atom is -0.378 e. The van der Waals surface area contributed by atoms with Crippen LogP contribution in [0.3, 0.4) is 0 Å². The average molecular weight is 338 g/mol.